The molecule has 2 rings (SSSR count). The van der Waals surface area contributed by atoms with Gasteiger partial charge >= 0.3 is 0 Å². The lowest BCUT2D eigenvalue weighted by molar-refractivity contribution is -0.113. The van der Waals surface area contributed by atoms with Gasteiger partial charge in [0, 0.05) is 11.9 Å². The molecule has 0 bridgehead atoms. The first-order chi connectivity index (χ1) is 10.9. The first-order valence-electron chi connectivity index (χ1n) is 6.57. The van der Waals surface area contributed by atoms with Crippen LogP contribution in [0.1, 0.15) is 6.92 Å². The minimum atomic E-state index is -3.23. The highest BCUT2D eigenvalue weighted by molar-refractivity contribution is 8.03. The minimum absolute atomic E-state index is 0.179. The van der Waals surface area contributed by atoms with Crippen LogP contribution in [0.25, 0.3) is 0 Å². The second-order valence-electron chi connectivity index (χ2n) is 4.40. The van der Waals surface area contributed by atoms with E-state index in [2.05, 4.69) is 15.5 Å². The van der Waals surface area contributed by atoms with E-state index in [1.165, 1.54) is 35.2 Å². The molecule has 1 N–H and O–H groups in total. The standard InChI is InChI=1S/C13H15N3O3S4/c1-3-20-12-15-16-13(22-12)21-8-11(17)14-9-4-6-10(7-5-9)23(2,18)19/h4-7H,3,8H2,1-2H3,(H,14,17). The zero-order chi connectivity index (χ0) is 16.9. The number of aromatic nitrogens is 2. The molecule has 23 heavy (non-hydrogen) atoms. The van der Waals surface area contributed by atoms with Crippen LogP contribution in [0.2, 0.25) is 0 Å². The maximum absolute atomic E-state index is 11.9. The van der Waals surface area contributed by atoms with Gasteiger partial charge in [0.05, 0.1) is 10.6 Å². The van der Waals surface area contributed by atoms with Crippen LogP contribution < -0.4 is 5.32 Å². The van der Waals surface area contributed by atoms with Crippen LogP contribution in [0, 0.1) is 0 Å². The third kappa shape index (κ3) is 5.79. The largest absolute Gasteiger partial charge is 0.325 e. The summed E-state index contributed by atoms with van der Waals surface area (Å²) in [4.78, 5) is 12.1. The molecule has 124 valence electrons. The Labute approximate surface area is 147 Å². The van der Waals surface area contributed by atoms with Crippen molar-refractivity contribution in [2.45, 2.75) is 20.5 Å². The summed E-state index contributed by atoms with van der Waals surface area (Å²) in [5, 5.41) is 10.8. The third-order valence-electron chi connectivity index (χ3n) is 2.55. The second kappa shape index (κ2) is 8.13. The third-order valence-corrected chi connectivity index (χ3v) is 6.75. The Balaban J connectivity index is 1.86. The number of hydrogen-bond donors (Lipinski definition) is 1. The number of amides is 1. The molecule has 1 heterocycles. The van der Waals surface area contributed by atoms with Crippen molar-refractivity contribution >= 4 is 56.3 Å². The van der Waals surface area contributed by atoms with Crippen molar-refractivity contribution in [1.29, 1.82) is 0 Å². The molecular weight excluding hydrogens is 374 g/mol. The SMILES string of the molecule is CCSc1nnc(SCC(=O)Nc2ccc(S(C)(=O)=O)cc2)s1. The Morgan fingerprint density at radius 2 is 1.78 bits per heavy atom. The molecule has 1 amide bonds. The zero-order valence-corrected chi connectivity index (χ0v) is 15.7. The molecule has 1 aromatic heterocycles. The van der Waals surface area contributed by atoms with Crippen LogP contribution in [0.5, 0.6) is 0 Å². The summed E-state index contributed by atoms with van der Waals surface area (Å²) in [6.45, 7) is 2.04. The fourth-order valence-corrected chi connectivity index (χ4v) is 4.89. The number of nitrogens with one attached hydrogen (secondary N) is 1. The van der Waals surface area contributed by atoms with E-state index in [4.69, 9.17) is 0 Å². The van der Waals surface area contributed by atoms with Crippen molar-refractivity contribution in [1.82, 2.24) is 10.2 Å². The molecule has 10 heteroatoms. The van der Waals surface area contributed by atoms with Gasteiger partial charge in [0.15, 0.2) is 18.5 Å². The molecule has 1 aromatic carbocycles. The quantitative estimate of drug-likeness (QED) is 0.728. The smallest absolute Gasteiger partial charge is 0.234 e. The van der Waals surface area contributed by atoms with E-state index in [-0.39, 0.29) is 16.6 Å². The van der Waals surface area contributed by atoms with E-state index in [9.17, 15) is 13.2 Å². The predicted molar refractivity (Wildman–Crippen MR) is 95.2 cm³/mol. The lowest BCUT2D eigenvalue weighted by atomic mass is 10.3. The number of carbonyl (C=O) groups is 1. The first-order valence-corrected chi connectivity index (χ1v) is 11.3. The van der Waals surface area contributed by atoms with E-state index in [0.717, 1.165) is 20.7 Å². The van der Waals surface area contributed by atoms with Gasteiger partial charge in [-0.3, -0.25) is 4.79 Å². The van der Waals surface area contributed by atoms with E-state index in [1.807, 2.05) is 6.92 Å². The second-order valence-corrected chi connectivity index (χ2v) is 10.1. The Hall–Kier alpha value is -1.10. The van der Waals surface area contributed by atoms with Crippen LogP contribution in [0.4, 0.5) is 5.69 Å². The number of benzene rings is 1. The van der Waals surface area contributed by atoms with Gasteiger partial charge in [-0.25, -0.2) is 8.42 Å². The summed E-state index contributed by atoms with van der Waals surface area (Å²) in [7, 11) is -3.23. The van der Waals surface area contributed by atoms with Gasteiger partial charge in [-0.05, 0) is 30.0 Å². The van der Waals surface area contributed by atoms with E-state index in [0.29, 0.717) is 5.69 Å². The number of anilines is 1. The summed E-state index contributed by atoms with van der Waals surface area (Å²) in [6.07, 6.45) is 1.14. The molecule has 0 aliphatic rings. The number of hydrogen-bond acceptors (Lipinski definition) is 8. The highest BCUT2D eigenvalue weighted by atomic mass is 32.2. The first kappa shape index (κ1) is 18.2. The van der Waals surface area contributed by atoms with Gasteiger partial charge in [-0.1, -0.05) is 41.8 Å². The summed E-state index contributed by atoms with van der Waals surface area (Å²) in [5.41, 5.74) is 0.558. The molecule has 0 radical (unpaired) electrons. The van der Waals surface area contributed by atoms with Crippen molar-refractivity contribution in [2.75, 3.05) is 23.1 Å². The molecule has 6 nitrogen and oxygen atoms in total. The van der Waals surface area contributed by atoms with Crippen molar-refractivity contribution in [3.63, 3.8) is 0 Å². The molecule has 0 saturated carbocycles. The van der Waals surface area contributed by atoms with E-state index in [1.54, 1.807) is 23.9 Å². The number of nitrogens with zero attached hydrogens (tertiary/aromatic N) is 2. The van der Waals surface area contributed by atoms with E-state index < -0.39 is 9.84 Å². The molecule has 0 spiro atoms. The van der Waals surface area contributed by atoms with Gasteiger partial charge in [-0.2, -0.15) is 0 Å². The molecule has 0 atom stereocenters. The predicted octanol–water partition coefficient (Wildman–Crippen LogP) is 2.78. The number of thioether (sulfide) groups is 2. The molecule has 0 fully saturated rings. The van der Waals surface area contributed by atoms with Gasteiger partial charge in [-0.15, -0.1) is 10.2 Å². The summed E-state index contributed by atoms with van der Waals surface area (Å²) < 4.78 is 24.4. The van der Waals surface area contributed by atoms with Gasteiger partial charge in [0.2, 0.25) is 5.91 Å². The van der Waals surface area contributed by atoms with Gasteiger partial charge < -0.3 is 5.32 Å². The molecule has 0 aliphatic heterocycles. The van der Waals surface area contributed by atoms with Crippen LogP contribution >= 0.6 is 34.9 Å². The molecule has 0 aliphatic carbocycles. The number of rotatable bonds is 7. The lowest BCUT2D eigenvalue weighted by Gasteiger charge is -2.05. The maximum Gasteiger partial charge on any atom is 0.234 e. The van der Waals surface area contributed by atoms with Crippen LogP contribution in [0.3, 0.4) is 0 Å². The Morgan fingerprint density at radius 1 is 1.17 bits per heavy atom. The minimum Gasteiger partial charge on any atom is -0.325 e. The molecule has 2 aromatic rings. The normalized spacial score (nSPS) is 11.4. The Kier molecular flexibility index (Phi) is 6.45. The van der Waals surface area contributed by atoms with Crippen molar-refractivity contribution < 1.29 is 13.2 Å². The molecule has 0 unspecified atom stereocenters. The zero-order valence-electron chi connectivity index (χ0n) is 12.5. The van der Waals surface area contributed by atoms with E-state index >= 15 is 0 Å². The molecular formula is C13H15N3O3S4. The van der Waals surface area contributed by atoms with Crippen molar-refractivity contribution in [2.24, 2.45) is 0 Å². The van der Waals surface area contributed by atoms with Crippen LogP contribution in [0.15, 0.2) is 37.8 Å². The Bertz CT molecular complexity index is 772. The average molecular weight is 390 g/mol. The summed E-state index contributed by atoms with van der Waals surface area (Å²) >= 11 is 4.41. The van der Waals surface area contributed by atoms with Crippen molar-refractivity contribution in [3.05, 3.63) is 24.3 Å². The fraction of sp³-hybridized carbons (Fsp3) is 0.308. The fourth-order valence-electron chi connectivity index (χ4n) is 1.55. The lowest BCUT2D eigenvalue weighted by Crippen LogP contribution is -2.14. The number of carbonyl (C=O) groups excluding carboxylic acids is 1. The topological polar surface area (TPSA) is 89.0 Å². The van der Waals surface area contributed by atoms with Gasteiger partial charge in [0.25, 0.3) is 0 Å². The highest BCUT2D eigenvalue weighted by Crippen LogP contribution is 2.28. The molecule has 0 saturated heterocycles. The highest BCUT2D eigenvalue weighted by Gasteiger charge is 2.10. The average Bonchev–Trinajstić information content (AvgIpc) is 2.93. The van der Waals surface area contributed by atoms with Gasteiger partial charge in [0.1, 0.15) is 0 Å². The number of sulfone groups is 1. The van der Waals surface area contributed by atoms with Crippen LogP contribution in [-0.4, -0.2) is 42.3 Å². The Morgan fingerprint density at radius 3 is 2.35 bits per heavy atom. The summed E-state index contributed by atoms with van der Waals surface area (Å²) in [5.74, 6) is 0.977. The maximum atomic E-state index is 11.9. The van der Waals surface area contributed by atoms with Crippen molar-refractivity contribution in [3.8, 4) is 0 Å². The van der Waals surface area contributed by atoms with Crippen LogP contribution in [-0.2, 0) is 14.6 Å². The monoisotopic (exact) mass is 389 g/mol. The summed E-state index contributed by atoms with van der Waals surface area (Å²) in [6, 6.07) is 6.08.